The van der Waals surface area contributed by atoms with Crippen molar-refractivity contribution in [3.63, 3.8) is 0 Å². The van der Waals surface area contributed by atoms with Crippen molar-refractivity contribution in [3.05, 3.63) is 126 Å². The molecule has 2 N–H and O–H groups in total. The summed E-state index contributed by atoms with van der Waals surface area (Å²) in [5, 5.41) is 27.9. The molecule has 0 heterocycles. The van der Waals surface area contributed by atoms with Crippen LogP contribution in [0.2, 0.25) is 0 Å². The van der Waals surface area contributed by atoms with Gasteiger partial charge in [-0.1, -0.05) is 84.4 Å². The minimum absolute atomic E-state index is 0. The van der Waals surface area contributed by atoms with Gasteiger partial charge in [-0.05, 0) is 55.4 Å². The summed E-state index contributed by atoms with van der Waals surface area (Å²) in [6, 6.07) is 39.8. The molecular formula is C32H32BrCuN6PS2. The van der Waals surface area contributed by atoms with Crippen LogP contribution in [0.4, 0.5) is 0 Å². The number of nitrogens with one attached hydrogen (secondary N) is 2. The van der Waals surface area contributed by atoms with E-state index in [1.165, 1.54) is 15.9 Å². The van der Waals surface area contributed by atoms with Crippen molar-refractivity contribution < 1.29 is 34.1 Å². The first-order valence-corrected chi connectivity index (χ1v) is 15.9. The average molecular weight is 739 g/mol. The molecule has 43 heavy (non-hydrogen) atoms. The molecule has 0 bridgehead atoms. The van der Waals surface area contributed by atoms with E-state index in [0.717, 1.165) is 11.1 Å². The maximum absolute atomic E-state index is 5.67. The molecule has 225 valence electrons. The van der Waals surface area contributed by atoms with Crippen molar-refractivity contribution in [2.75, 3.05) is 13.3 Å². The van der Waals surface area contributed by atoms with E-state index in [-0.39, 0.29) is 39.2 Å². The van der Waals surface area contributed by atoms with Crippen LogP contribution in [0.5, 0.6) is 0 Å². The fraction of sp³-hybridized carbons (Fsp3) is 0.125. The van der Waals surface area contributed by atoms with Crippen LogP contribution in [0.25, 0.3) is 0 Å². The number of benzene rings is 4. The molecule has 4 rings (SSSR count). The Labute approximate surface area is 287 Å². The van der Waals surface area contributed by atoms with Gasteiger partial charge in [-0.3, -0.25) is 0 Å². The van der Waals surface area contributed by atoms with Gasteiger partial charge < -0.3 is 52.9 Å². The Hall–Kier alpha value is -2.97. The Bertz CT molecular complexity index is 1450. The summed E-state index contributed by atoms with van der Waals surface area (Å²) in [6.07, 6.45) is 0.590. The van der Waals surface area contributed by atoms with Gasteiger partial charge in [-0.15, -0.1) is 5.10 Å². The Morgan fingerprint density at radius 2 is 1.09 bits per heavy atom. The fourth-order valence-corrected chi connectivity index (χ4v) is 8.49. The molecule has 0 fully saturated rings. The first-order chi connectivity index (χ1) is 19.9. The maximum atomic E-state index is 5.67. The standard InChI is InChI=1S/C32H33N6PS2.BrH.Cu/c1-24-19-21-26(22-20-24)30(36-37-31(40)33-3)25(2)35-38-32(41)34-23-39(27-13-7-4-8-14-27,28-15-9-5-10-16-28)29-17-11-6-12-18-29;;/h4-22H,23H2,1-3H3,(H3-,33,34,35,36,37,38,40,41);1H;/q;;+2/p-2. The molecule has 0 unspecified atom stereocenters. The third kappa shape index (κ3) is 9.51. The number of rotatable bonds is 9. The van der Waals surface area contributed by atoms with E-state index in [0.29, 0.717) is 22.9 Å². The predicted octanol–water partition coefficient (Wildman–Crippen LogP) is 1.64. The van der Waals surface area contributed by atoms with Crippen LogP contribution in [-0.2, 0) is 42.3 Å². The van der Waals surface area contributed by atoms with Crippen LogP contribution in [0.3, 0.4) is 0 Å². The topological polar surface area (TPSA) is 73.5 Å². The van der Waals surface area contributed by atoms with Crippen LogP contribution in [-0.4, -0.2) is 35.1 Å². The average Bonchev–Trinajstić information content (AvgIpc) is 3.02. The Balaban J connectivity index is 0.00000323. The monoisotopic (exact) mass is 737 g/mol. The van der Waals surface area contributed by atoms with E-state index in [1.54, 1.807) is 7.05 Å². The van der Waals surface area contributed by atoms with Crippen molar-refractivity contribution in [2.24, 2.45) is 20.4 Å². The van der Waals surface area contributed by atoms with E-state index < -0.39 is 7.26 Å². The van der Waals surface area contributed by atoms with Gasteiger partial charge in [0.1, 0.15) is 35.2 Å². The quantitative estimate of drug-likeness (QED) is 0.0685. The minimum atomic E-state index is -2.12. The minimum Gasteiger partial charge on any atom is -1.00 e. The molecule has 0 saturated carbocycles. The summed E-state index contributed by atoms with van der Waals surface area (Å²) in [6.45, 7) is 3.86. The molecule has 0 atom stereocenters. The van der Waals surface area contributed by atoms with E-state index in [9.17, 15) is 0 Å². The van der Waals surface area contributed by atoms with Crippen LogP contribution in [0.15, 0.2) is 136 Å². The zero-order chi connectivity index (χ0) is 29.1. The number of hydrogen-bond acceptors (Lipinski definition) is 6. The van der Waals surface area contributed by atoms with Gasteiger partial charge in [0, 0.05) is 17.8 Å². The number of nitrogens with zero attached hydrogens (tertiary/aromatic N) is 4. The van der Waals surface area contributed by atoms with E-state index >= 15 is 0 Å². The summed E-state index contributed by atoms with van der Waals surface area (Å²) in [4.78, 5) is 0. The molecule has 0 saturated heterocycles. The molecule has 0 spiro atoms. The molecule has 1 radical (unpaired) electrons. The molecule has 0 aliphatic rings. The molecule has 11 heteroatoms. The van der Waals surface area contributed by atoms with Crippen LogP contribution >= 0.6 is 7.26 Å². The third-order valence-corrected chi connectivity index (χ3v) is 11.2. The Kier molecular flexibility index (Phi) is 15.1. The van der Waals surface area contributed by atoms with Crippen molar-refractivity contribution >= 4 is 70.2 Å². The number of amidine groups is 2. The van der Waals surface area contributed by atoms with E-state index in [4.69, 9.17) is 25.3 Å². The predicted molar refractivity (Wildman–Crippen MR) is 183 cm³/mol. The van der Waals surface area contributed by atoms with Crippen LogP contribution < -0.4 is 43.5 Å². The van der Waals surface area contributed by atoms with Gasteiger partial charge in [0.2, 0.25) is 0 Å². The zero-order valence-corrected chi connectivity index (χ0v) is 29.0. The smallest absolute Gasteiger partial charge is 1.00 e. The number of halogens is 1. The van der Waals surface area contributed by atoms with Crippen LogP contribution in [0.1, 0.15) is 18.1 Å². The fourth-order valence-electron chi connectivity index (χ4n) is 4.35. The summed E-state index contributed by atoms with van der Waals surface area (Å²) < 4.78 is 0. The van der Waals surface area contributed by atoms with Crippen LogP contribution in [0, 0.1) is 6.92 Å². The summed E-state index contributed by atoms with van der Waals surface area (Å²) in [5.41, 5.74) is 3.13. The third-order valence-electron chi connectivity index (χ3n) is 6.47. The SMILES string of the molecule is CNC([S-])=NN=C(C(C)=NN=C([S-])NC[P+](c1ccccc1)(c1ccccc1)c1ccccc1)c1ccc(C)cc1.[Br-].[Cu+2]. The van der Waals surface area contributed by atoms with Crippen molar-refractivity contribution in [1.82, 2.24) is 10.6 Å². The van der Waals surface area contributed by atoms with Gasteiger partial charge in [0.05, 0.1) is 5.71 Å². The Morgan fingerprint density at radius 1 is 0.651 bits per heavy atom. The normalized spacial score (nSPS) is 12.5. The molecule has 4 aromatic rings. The molecule has 6 nitrogen and oxygen atoms in total. The van der Waals surface area contributed by atoms with E-state index in [1.807, 2.05) is 56.3 Å². The largest absolute Gasteiger partial charge is 2.00 e. The van der Waals surface area contributed by atoms with Crippen molar-refractivity contribution in [3.8, 4) is 0 Å². The summed E-state index contributed by atoms with van der Waals surface area (Å²) >= 11 is 10.8. The number of aryl methyl sites for hydroxylation is 1. The molecule has 0 amide bonds. The maximum Gasteiger partial charge on any atom is 2.00 e. The van der Waals surface area contributed by atoms with E-state index in [2.05, 4.69) is 104 Å². The first kappa shape index (κ1) is 36.2. The van der Waals surface area contributed by atoms with Gasteiger partial charge in [-0.25, -0.2) is 0 Å². The number of hydrogen-bond donors (Lipinski definition) is 2. The van der Waals surface area contributed by atoms with Gasteiger partial charge in [0.15, 0.2) is 0 Å². The van der Waals surface area contributed by atoms with Crippen molar-refractivity contribution in [1.29, 1.82) is 0 Å². The molecular weight excluding hydrogens is 707 g/mol. The molecule has 4 aromatic carbocycles. The summed E-state index contributed by atoms with van der Waals surface area (Å²) in [5.74, 6) is 0. The summed E-state index contributed by atoms with van der Waals surface area (Å²) in [7, 11) is -0.414. The Morgan fingerprint density at radius 3 is 1.53 bits per heavy atom. The van der Waals surface area contributed by atoms with Gasteiger partial charge in [0.25, 0.3) is 0 Å². The first-order valence-electron chi connectivity index (χ1n) is 13.1. The van der Waals surface area contributed by atoms with Gasteiger partial charge in [-0.2, -0.15) is 15.3 Å². The second-order valence-electron chi connectivity index (χ2n) is 9.21. The second kappa shape index (κ2) is 18.0. The molecule has 0 aliphatic heterocycles. The zero-order valence-electron chi connectivity index (χ0n) is 23.9. The van der Waals surface area contributed by atoms with Crippen molar-refractivity contribution in [2.45, 2.75) is 13.8 Å². The molecule has 0 aromatic heterocycles. The van der Waals surface area contributed by atoms with Gasteiger partial charge >= 0.3 is 17.1 Å². The second-order valence-corrected chi connectivity index (χ2v) is 13.5. The molecule has 0 aliphatic carbocycles.